The first-order valence-electron chi connectivity index (χ1n) is 6.19. The van der Waals surface area contributed by atoms with E-state index >= 15 is 0 Å². The molecule has 18 heavy (non-hydrogen) atoms. The first-order chi connectivity index (χ1) is 8.70. The summed E-state index contributed by atoms with van der Waals surface area (Å²) in [7, 11) is 0. The predicted molar refractivity (Wildman–Crippen MR) is 68.3 cm³/mol. The third-order valence-corrected chi connectivity index (χ3v) is 3.32. The number of halogens is 1. The third kappa shape index (κ3) is 3.42. The van der Waals surface area contributed by atoms with Gasteiger partial charge in [-0.2, -0.15) is 0 Å². The van der Waals surface area contributed by atoms with Crippen molar-refractivity contribution in [2.24, 2.45) is 0 Å². The molecule has 0 bridgehead atoms. The molecule has 0 radical (unpaired) electrons. The first-order valence-corrected chi connectivity index (χ1v) is 6.57. The Hall–Kier alpha value is -0.680. The summed E-state index contributed by atoms with van der Waals surface area (Å²) in [6, 6.07) is 1.78. The van der Waals surface area contributed by atoms with Crippen molar-refractivity contribution < 1.29 is 14.6 Å². The Morgan fingerprint density at radius 2 is 2.39 bits per heavy atom. The van der Waals surface area contributed by atoms with Crippen molar-refractivity contribution in [2.45, 2.75) is 45.7 Å². The van der Waals surface area contributed by atoms with E-state index in [1.165, 1.54) is 0 Å². The second kappa shape index (κ2) is 6.48. The maximum atomic E-state index is 9.30. The van der Waals surface area contributed by atoms with E-state index in [1.807, 2.05) is 6.92 Å². The number of aliphatic hydroxyl groups excluding tert-OH is 1. The third-order valence-electron chi connectivity index (χ3n) is 2.98. The zero-order chi connectivity index (χ0) is 13.0. The Balaban J connectivity index is 2.03. The van der Waals surface area contributed by atoms with Crippen LogP contribution < -0.4 is 0 Å². The summed E-state index contributed by atoms with van der Waals surface area (Å²) in [6.45, 7) is 2.79. The van der Waals surface area contributed by atoms with Gasteiger partial charge in [0, 0.05) is 22.9 Å². The van der Waals surface area contributed by atoms with Gasteiger partial charge >= 0.3 is 0 Å². The summed E-state index contributed by atoms with van der Waals surface area (Å²) in [5.41, 5.74) is 2.12. The van der Waals surface area contributed by atoms with Gasteiger partial charge in [0.05, 0.1) is 18.9 Å². The molecule has 1 aliphatic rings. The number of pyridine rings is 1. The van der Waals surface area contributed by atoms with Crippen molar-refractivity contribution >= 4 is 11.6 Å². The number of aryl methyl sites for hydroxylation is 1. The number of rotatable bonds is 4. The number of aliphatic hydroxyl groups is 1. The lowest BCUT2D eigenvalue weighted by Crippen LogP contribution is -2.22. The predicted octanol–water partition coefficient (Wildman–Crippen LogP) is 2.58. The smallest absolute Gasteiger partial charge is 0.158 e. The number of aromatic nitrogens is 1. The molecule has 1 aromatic rings. The minimum absolute atomic E-state index is 0.133. The van der Waals surface area contributed by atoms with Gasteiger partial charge in [-0.15, -0.1) is 0 Å². The number of hydrogen-bond donors (Lipinski definition) is 1. The van der Waals surface area contributed by atoms with E-state index in [0.717, 1.165) is 37.1 Å². The lowest BCUT2D eigenvalue weighted by molar-refractivity contribution is -0.169. The lowest BCUT2D eigenvalue weighted by Gasteiger charge is -2.23. The van der Waals surface area contributed by atoms with Crippen LogP contribution in [-0.2, 0) is 22.7 Å². The zero-order valence-electron chi connectivity index (χ0n) is 10.5. The molecule has 0 spiro atoms. The van der Waals surface area contributed by atoms with E-state index in [0.29, 0.717) is 17.3 Å². The van der Waals surface area contributed by atoms with Crippen LogP contribution in [0.3, 0.4) is 0 Å². The van der Waals surface area contributed by atoms with E-state index in [-0.39, 0.29) is 12.9 Å². The molecule has 1 aliphatic heterocycles. The highest BCUT2D eigenvalue weighted by Gasteiger charge is 2.16. The van der Waals surface area contributed by atoms with Gasteiger partial charge < -0.3 is 14.6 Å². The van der Waals surface area contributed by atoms with Gasteiger partial charge in [-0.1, -0.05) is 11.6 Å². The van der Waals surface area contributed by atoms with Crippen LogP contribution in [0.25, 0.3) is 0 Å². The summed E-state index contributed by atoms with van der Waals surface area (Å²) < 4.78 is 11.2. The average Bonchev–Trinajstić information content (AvgIpc) is 2.38. The molecule has 100 valence electrons. The molecular weight excluding hydrogens is 254 g/mol. The molecule has 0 amide bonds. The average molecular weight is 272 g/mol. The highest BCUT2D eigenvalue weighted by Crippen LogP contribution is 2.23. The van der Waals surface area contributed by atoms with Crippen molar-refractivity contribution in [3.63, 3.8) is 0 Å². The van der Waals surface area contributed by atoms with Crippen molar-refractivity contribution in [1.29, 1.82) is 0 Å². The Kier molecular flexibility index (Phi) is 4.95. The fourth-order valence-corrected chi connectivity index (χ4v) is 2.34. The lowest BCUT2D eigenvalue weighted by atomic mass is 10.2. The molecule has 0 saturated carbocycles. The van der Waals surface area contributed by atoms with Crippen LogP contribution in [-0.4, -0.2) is 23.0 Å². The minimum atomic E-state index is -0.164. The van der Waals surface area contributed by atoms with E-state index < -0.39 is 0 Å². The molecule has 1 aromatic heterocycles. The zero-order valence-corrected chi connectivity index (χ0v) is 11.2. The van der Waals surface area contributed by atoms with Crippen LogP contribution in [0.15, 0.2) is 6.07 Å². The highest BCUT2D eigenvalue weighted by molar-refractivity contribution is 6.31. The Bertz CT molecular complexity index is 405. The number of ether oxygens (including phenoxy) is 2. The minimum Gasteiger partial charge on any atom is -0.390 e. The quantitative estimate of drug-likeness (QED) is 0.914. The molecule has 0 aliphatic carbocycles. The number of nitrogens with zero attached hydrogens (tertiary/aromatic N) is 1. The second-order valence-electron chi connectivity index (χ2n) is 4.44. The molecule has 5 heteroatoms. The van der Waals surface area contributed by atoms with Gasteiger partial charge in [0.1, 0.15) is 0 Å². The van der Waals surface area contributed by atoms with E-state index in [4.69, 9.17) is 21.1 Å². The largest absolute Gasteiger partial charge is 0.390 e. The standard InChI is InChI=1S/C13H18ClNO3/c1-9-6-11(14)10(12(7-16)15-9)8-18-13-4-2-3-5-17-13/h6,13,16H,2-5,7-8H2,1H3. The Labute approximate surface area is 112 Å². The maximum absolute atomic E-state index is 9.30. The van der Waals surface area contributed by atoms with Crippen LogP contribution >= 0.6 is 11.6 Å². The summed E-state index contributed by atoms with van der Waals surface area (Å²) >= 11 is 6.16. The molecule has 1 unspecified atom stereocenters. The summed E-state index contributed by atoms with van der Waals surface area (Å²) in [5, 5.41) is 9.88. The van der Waals surface area contributed by atoms with Crippen molar-refractivity contribution in [3.8, 4) is 0 Å². The normalized spacial score (nSPS) is 20.1. The summed E-state index contributed by atoms with van der Waals surface area (Å²) in [4.78, 5) is 4.26. The second-order valence-corrected chi connectivity index (χ2v) is 4.84. The van der Waals surface area contributed by atoms with Crippen LogP contribution in [0.1, 0.15) is 36.2 Å². The van der Waals surface area contributed by atoms with Crippen LogP contribution in [0.4, 0.5) is 0 Å². The van der Waals surface area contributed by atoms with Crippen molar-refractivity contribution in [1.82, 2.24) is 4.98 Å². The Morgan fingerprint density at radius 1 is 1.56 bits per heavy atom. The van der Waals surface area contributed by atoms with Crippen LogP contribution in [0, 0.1) is 6.92 Å². The van der Waals surface area contributed by atoms with Gasteiger partial charge in [0.15, 0.2) is 6.29 Å². The van der Waals surface area contributed by atoms with Gasteiger partial charge in [-0.25, -0.2) is 0 Å². The molecule has 1 atom stereocenters. The topological polar surface area (TPSA) is 51.6 Å². The van der Waals surface area contributed by atoms with Crippen molar-refractivity contribution in [2.75, 3.05) is 6.61 Å². The molecule has 1 saturated heterocycles. The number of hydrogen-bond acceptors (Lipinski definition) is 4. The maximum Gasteiger partial charge on any atom is 0.158 e. The summed E-state index contributed by atoms with van der Waals surface area (Å²) in [5.74, 6) is 0. The van der Waals surface area contributed by atoms with Gasteiger partial charge in [0.2, 0.25) is 0 Å². The monoisotopic (exact) mass is 271 g/mol. The van der Waals surface area contributed by atoms with E-state index in [9.17, 15) is 5.11 Å². The molecule has 0 aromatic carbocycles. The van der Waals surface area contributed by atoms with Crippen molar-refractivity contribution in [3.05, 3.63) is 28.0 Å². The fraction of sp³-hybridized carbons (Fsp3) is 0.615. The van der Waals surface area contributed by atoms with E-state index in [2.05, 4.69) is 4.98 Å². The van der Waals surface area contributed by atoms with E-state index in [1.54, 1.807) is 6.07 Å². The SMILES string of the molecule is Cc1cc(Cl)c(COC2CCCCO2)c(CO)n1. The highest BCUT2D eigenvalue weighted by atomic mass is 35.5. The molecule has 2 heterocycles. The molecule has 1 N–H and O–H groups in total. The first kappa shape index (κ1) is 13.7. The molecular formula is C13H18ClNO3. The van der Waals surface area contributed by atoms with Gasteiger partial charge in [-0.3, -0.25) is 4.98 Å². The fourth-order valence-electron chi connectivity index (χ4n) is 2.02. The van der Waals surface area contributed by atoms with Gasteiger partial charge in [-0.05, 0) is 32.3 Å². The molecule has 4 nitrogen and oxygen atoms in total. The molecule has 2 rings (SSSR count). The Morgan fingerprint density at radius 3 is 3.06 bits per heavy atom. The van der Waals surface area contributed by atoms with Crippen LogP contribution in [0.5, 0.6) is 0 Å². The molecule has 1 fully saturated rings. The van der Waals surface area contributed by atoms with Crippen LogP contribution in [0.2, 0.25) is 5.02 Å². The van der Waals surface area contributed by atoms with Gasteiger partial charge in [0.25, 0.3) is 0 Å². The summed E-state index contributed by atoms with van der Waals surface area (Å²) in [6.07, 6.45) is 2.96.